The lowest BCUT2D eigenvalue weighted by Crippen LogP contribution is -2.35. The molecule has 1 aliphatic rings. The fraction of sp³-hybridized carbons (Fsp3) is 0.640. The predicted molar refractivity (Wildman–Crippen MR) is 171 cm³/mol. The largest absolute Gasteiger partial charge is 0.490 e. The minimum Gasteiger partial charge on any atom is -0.490 e. The first-order valence-corrected chi connectivity index (χ1v) is 20.7. The van der Waals surface area contributed by atoms with Crippen LogP contribution in [0.25, 0.3) is 11.5 Å². The number of aromatic amines is 1. The Morgan fingerprint density at radius 1 is 1.08 bits per heavy atom. The van der Waals surface area contributed by atoms with Gasteiger partial charge in [-0.1, -0.05) is 34.6 Å². The van der Waals surface area contributed by atoms with Crippen molar-refractivity contribution in [3.05, 3.63) is 39.9 Å². The van der Waals surface area contributed by atoms with E-state index in [0.717, 1.165) is 49.8 Å². The van der Waals surface area contributed by atoms with Gasteiger partial charge in [-0.25, -0.2) is 4.98 Å². The van der Waals surface area contributed by atoms with Crippen LogP contribution in [0.5, 0.6) is 5.75 Å². The lowest BCUT2D eigenvalue weighted by atomic mass is 9.99. The summed E-state index contributed by atoms with van der Waals surface area (Å²) in [6.07, 6.45) is 6.85. The number of nitrogens with zero attached hydrogens (tertiary/aromatic N) is 2. The zero-order valence-corrected chi connectivity index (χ0v) is 28.5. The van der Waals surface area contributed by atoms with E-state index in [9.17, 15) is 4.79 Å². The third-order valence-electron chi connectivity index (χ3n) is 7.05. The zero-order chi connectivity index (χ0) is 27.5. The second kappa shape index (κ2) is 16.3. The highest BCUT2D eigenvalue weighted by atomic mass is 127. The maximum Gasteiger partial charge on any atom is 0.254 e. The summed E-state index contributed by atoms with van der Waals surface area (Å²) in [5, 5.41) is 8.98. The van der Waals surface area contributed by atoms with E-state index in [1.165, 1.54) is 0 Å². The third kappa shape index (κ3) is 9.29. The molecule has 0 saturated carbocycles. The molecular weight excluding hydrogens is 738 g/mol. The molecule has 0 aliphatic heterocycles. The van der Waals surface area contributed by atoms with Gasteiger partial charge in [-0.2, -0.15) is 0 Å². The Bertz CT molecular complexity index is 1030. The number of aromatic nitrogens is 3. The van der Waals surface area contributed by atoms with Crippen LogP contribution < -0.4 is 10.3 Å². The molecule has 3 unspecified atom stereocenters. The lowest BCUT2D eigenvalue weighted by molar-refractivity contribution is 0.0181. The Kier molecular flexibility index (Phi) is 14.7. The summed E-state index contributed by atoms with van der Waals surface area (Å²) in [5.41, 5.74) is 1.72. The van der Waals surface area contributed by atoms with Crippen molar-refractivity contribution >= 4 is 57.0 Å². The van der Waals surface area contributed by atoms with Crippen LogP contribution in [0.1, 0.15) is 71.6 Å². The minimum absolute atomic E-state index is 0.0557. The number of nitrogens with one attached hydrogen (secondary N) is 1. The smallest absolute Gasteiger partial charge is 0.254 e. The van der Waals surface area contributed by atoms with Gasteiger partial charge in [-0.15, -0.1) is 0 Å². The van der Waals surface area contributed by atoms with E-state index in [0.29, 0.717) is 42.7 Å². The van der Waals surface area contributed by atoms with Crippen molar-refractivity contribution in [1.82, 2.24) is 15.0 Å². The average Bonchev–Trinajstić information content (AvgIpc) is 3.31. The number of aliphatic hydroxyl groups excluding tert-OH is 1. The summed E-state index contributed by atoms with van der Waals surface area (Å²) in [7, 11) is 0. The van der Waals surface area contributed by atoms with Gasteiger partial charge in [0.25, 0.3) is 5.56 Å². The molecule has 0 saturated heterocycles. The second-order valence-corrected chi connectivity index (χ2v) is 12.7. The quantitative estimate of drug-likeness (QED) is 0.167. The second-order valence-electron chi connectivity index (χ2n) is 9.32. The monoisotopic (exact) mass is 777 g/mol. The fourth-order valence-electron chi connectivity index (χ4n) is 4.08. The van der Waals surface area contributed by atoms with Gasteiger partial charge in [0, 0.05) is 17.8 Å². The zero-order valence-electron chi connectivity index (χ0n) is 22.2. The van der Waals surface area contributed by atoms with Crippen LogP contribution in [0.3, 0.4) is 0 Å². The van der Waals surface area contributed by atoms with Crippen molar-refractivity contribution in [1.29, 1.82) is 0 Å². The van der Waals surface area contributed by atoms with Gasteiger partial charge in [0.05, 0.1) is 30.8 Å². The molecule has 3 rings (SSSR count). The van der Waals surface area contributed by atoms with Crippen molar-refractivity contribution in [2.45, 2.75) is 84.3 Å². The molecule has 0 aromatic carbocycles. The van der Waals surface area contributed by atoms with Gasteiger partial charge in [-0.05, 0) is 94.6 Å². The minimum atomic E-state index is -0.278. The van der Waals surface area contributed by atoms with Crippen molar-refractivity contribution in [2.75, 3.05) is 13.2 Å². The Labute approximate surface area is 249 Å². The van der Waals surface area contributed by atoms with Gasteiger partial charge in [0.2, 0.25) is 0 Å². The van der Waals surface area contributed by atoms with Crippen molar-refractivity contribution in [3.8, 4) is 17.3 Å². The Balaban J connectivity index is 0.000000410. The van der Waals surface area contributed by atoms with Crippen LogP contribution in [-0.2, 0) is 21.9 Å². The van der Waals surface area contributed by atoms with E-state index in [4.69, 9.17) is 18.9 Å². The van der Waals surface area contributed by atoms with E-state index in [-0.39, 0.29) is 23.4 Å². The molecule has 1 aliphatic carbocycles. The summed E-state index contributed by atoms with van der Waals surface area (Å²) in [5.74, 6) is 1.66. The predicted octanol–water partition coefficient (Wildman–Crippen LogP) is 6.96. The normalized spacial score (nSPS) is 15.8. The maximum atomic E-state index is 12.4. The molecule has 0 fully saturated rings. The molecule has 208 valence electrons. The van der Waals surface area contributed by atoms with Crippen LogP contribution >= 0.6 is 57.0 Å². The number of fused-ring (bicyclic) bond motifs is 1. The molecule has 2 N–H and O–H groups in total. The summed E-state index contributed by atoms with van der Waals surface area (Å²) in [6.45, 7) is 11.9. The summed E-state index contributed by atoms with van der Waals surface area (Å²) < 4.78 is 17.4. The first-order valence-electron chi connectivity index (χ1n) is 12.6. The lowest BCUT2D eigenvalue weighted by Gasteiger charge is -2.30. The van der Waals surface area contributed by atoms with E-state index < -0.39 is 0 Å². The highest BCUT2D eigenvalue weighted by molar-refractivity contribution is 14.2. The molecule has 2 aromatic heterocycles. The molecule has 0 bridgehead atoms. The van der Waals surface area contributed by atoms with E-state index in [2.05, 4.69) is 79.8 Å². The number of hydrogen-bond donors (Lipinski definition) is 2. The molecule has 2 heterocycles. The molecule has 0 amide bonds. The first kappa shape index (κ1) is 33.2. The Hall–Kier alpha value is 0.0300. The molecule has 3 atom stereocenters. The standard InChI is InChI=1S/C19H25IN3O3P.C6H14IO2P/c1-4-19(5-2,26-27-20)11-25-13-6-7-21-16(10-13)17-22-15-9-12(3)8-14(15)18(24)23-17;1-3-6(4-2,5-8)9-10-7/h6-7,10,12,27H,4-5,8-9,11H2,1-3H3,(H,22,23,24);8,10H,3-5H2,1-2H3. The summed E-state index contributed by atoms with van der Waals surface area (Å²) in [4.78, 5) is 24.3. The van der Waals surface area contributed by atoms with Gasteiger partial charge in [0.1, 0.15) is 23.7 Å². The summed E-state index contributed by atoms with van der Waals surface area (Å²) in [6, 6.07) is 3.64. The fourth-order valence-corrected chi connectivity index (χ4v) is 7.91. The molecule has 12 heteroatoms. The van der Waals surface area contributed by atoms with Crippen LogP contribution in [0.15, 0.2) is 23.1 Å². The number of ether oxygens (including phenoxy) is 1. The highest BCUT2D eigenvalue weighted by Crippen LogP contribution is 2.35. The van der Waals surface area contributed by atoms with Gasteiger partial charge in [0.15, 0.2) is 5.82 Å². The highest BCUT2D eigenvalue weighted by Gasteiger charge is 2.28. The summed E-state index contributed by atoms with van der Waals surface area (Å²) >= 11 is 4.42. The number of rotatable bonds is 13. The Morgan fingerprint density at radius 2 is 1.70 bits per heavy atom. The topological polar surface area (TPSA) is 107 Å². The van der Waals surface area contributed by atoms with Crippen LogP contribution in [0, 0.1) is 5.92 Å². The number of pyridine rings is 1. The Morgan fingerprint density at radius 3 is 2.24 bits per heavy atom. The SMILES string of the molecule is CCC(CC)(CO)OPI.CCC(CC)(COc1ccnc(-c2nc3c(c(=O)[nH]2)CC(C)C3)c1)OPI. The molecular formula is C25H39I2N3O5P2. The van der Waals surface area contributed by atoms with E-state index in [1.54, 1.807) is 6.20 Å². The maximum absolute atomic E-state index is 12.4. The molecule has 2 aromatic rings. The molecule has 37 heavy (non-hydrogen) atoms. The third-order valence-corrected chi connectivity index (χ3v) is 9.39. The van der Waals surface area contributed by atoms with Crippen molar-refractivity contribution in [3.63, 3.8) is 0 Å². The van der Waals surface area contributed by atoms with E-state index in [1.807, 2.05) is 26.0 Å². The van der Waals surface area contributed by atoms with Crippen molar-refractivity contribution in [2.24, 2.45) is 5.92 Å². The van der Waals surface area contributed by atoms with Crippen LogP contribution in [0.4, 0.5) is 0 Å². The van der Waals surface area contributed by atoms with Crippen molar-refractivity contribution < 1.29 is 18.9 Å². The van der Waals surface area contributed by atoms with Crippen LogP contribution in [-0.4, -0.2) is 44.5 Å². The number of hydrogen-bond acceptors (Lipinski definition) is 7. The molecule has 8 nitrogen and oxygen atoms in total. The average molecular weight is 777 g/mol. The van der Waals surface area contributed by atoms with Crippen LogP contribution in [0.2, 0.25) is 0 Å². The first-order chi connectivity index (χ1) is 17.7. The van der Waals surface area contributed by atoms with Gasteiger partial charge >= 0.3 is 0 Å². The van der Waals surface area contributed by atoms with Gasteiger partial charge in [-0.3, -0.25) is 9.78 Å². The number of H-pyrrole nitrogens is 1. The molecule has 0 radical (unpaired) electrons. The van der Waals surface area contributed by atoms with E-state index >= 15 is 0 Å². The molecule has 0 spiro atoms. The number of halogens is 2. The van der Waals surface area contributed by atoms with Gasteiger partial charge < -0.3 is 23.9 Å². The number of aliphatic hydroxyl groups is 1.